The fourth-order valence-electron chi connectivity index (χ4n) is 8.45. The summed E-state index contributed by atoms with van der Waals surface area (Å²) in [5, 5.41) is 42.2. The zero-order chi connectivity index (χ0) is 54.6. The number of likely N-dealkylation sites (N-methyl/N-ethyl adjacent to an activating group) is 2. The van der Waals surface area contributed by atoms with Crippen molar-refractivity contribution in [3.05, 3.63) is 47.7 Å². The fraction of sp³-hybridized carbons (Fsp3) is 0.592. The Morgan fingerprint density at radius 1 is 0.875 bits per heavy atom. The first-order valence-electron chi connectivity index (χ1n) is 23.7. The number of aromatic nitrogens is 1. The summed E-state index contributed by atoms with van der Waals surface area (Å²) in [6.07, 6.45) is 1.68. The molecule has 0 radical (unpaired) electrons. The van der Waals surface area contributed by atoms with E-state index in [1.54, 1.807) is 14.1 Å². The predicted octanol–water partition coefficient (Wildman–Crippen LogP) is 1.09. The van der Waals surface area contributed by atoms with Crippen molar-refractivity contribution in [3.8, 4) is 0 Å². The number of amides is 7. The normalized spacial score (nSPS) is 16.9. The number of carbonyl (C=O) groups is 10. The van der Waals surface area contributed by atoms with Crippen molar-refractivity contribution in [3.63, 3.8) is 0 Å². The van der Waals surface area contributed by atoms with Gasteiger partial charge in [0.2, 0.25) is 41.4 Å². The van der Waals surface area contributed by atoms with Crippen LogP contribution >= 0.6 is 11.8 Å². The van der Waals surface area contributed by atoms with Crippen molar-refractivity contribution in [2.24, 2.45) is 24.1 Å². The van der Waals surface area contributed by atoms with Gasteiger partial charge in [0.25, 0.3) is 0 Å². The van der Waals surface area contributed by atoms with Crippen LogP contribution in [0.3, 0.4) is 0 Å². The molecule has 10 N–H and O–H groups in total. The number of hydrogen-bond acceptors (Lipinski definition) is 13. The molecule has 398 valence electrons. The van der Waals surface area contributed by atoms with Crippen LogP contribution in [0.25, 0.3) is 10.9 Å². The second kappa shape index (κ2) is 25.9. The van der Waals surface area contributed by atoms with Crippen LogP contribution in [0.15, 0.2) is 42.1 Å². The Morgan fingerprint density at radius 3 is 2.01 bits per heavy atom. The molecule has 0 bridgehead atoms. The molecule has 2 aromatic rings. The lowest BCUT2D eigenvalue weighted by Gasteiger charge is -2.39. The molecular weight excluding hydrogens is 955 g/mol. The van der Waals surface area contributed by atoms with Crippen molar-refractivity contribution in [1.82, 2.24) is 41.0 Å². The van der Waals surface area contributed by atoms with E-state index < -0.39 is 119 Å². The Balaban J connectivity index is 1.60. The van der Waals surface area contributed by atoms with Gasteiger partial charge in [-0.05, 0) is 49.8 Å². The van der Waals surface area contributed by atoms with Gasteiger partial charge in [0.05, 0.1) is 17.3 Å². The minimum Gasteiger partial charge on any atom is -0.480 e. The first-order valence-corrected chi connectivity index (χ1v) is 24.7. The van der Waals surface area contributed by atoms with Gasteiger partial charge < -0.3 is 57.1 Å². The van der Waals surface area contributed by atoms with E-state index in [-0.39, 0.29) is 55.5 Å². The van der Waals surface area contributed by atoms with Crippen LogP contribution in [-0.2, 0) is 60.4 Å². The molecule has 2 unspecified atom stereocenters. The van der Waals surface area contributed by atoms with E-state index in [1.807, 2.05) is 90.5 Å². The van der Waals surface area contributed by atoms with E-state index >= 15 is 0 Å². The number of aryl methyl sites for hydroxylation is 1. The number of nitrogens with one attached hydrogen (secondary N) is 5. The molecule has 23 heteroatoms. The molecule has 1 aromatic heterocycles. The Morgan fingerprint density at radius 2 is 1.46 bits per heavy atom. The lowest BCUT2D eigenvalue weighted by Crippen LogP contribution is -2.61. The number of aliphatic carboxylic acids is 3. The van der Waals surface area contributed by atoms with E-state index in [2.05, 4.69) is 26.6 Å². The quantitative estimate of drug-likeness (QED) is 0.0447. The summed E-state index contributed by atoms with van der Waals surface area (Å²) in [6.45, 7) is 14.2. The highest BCUT2D eigenvalue weighted by molar-refractivity contribution is 8.00. The highest BCUT2D eigenvalue weighted by Crippen LogP contribution is 2.35. The molecule has 1 fully saturated rings. The van der Waals surface area contributed by atoms with Crippen molar-refractivity contribution < 1.29 is 63.3 Å². The predicted molar refractivity (Wildman–Crippen MR) is 269 cm³/mol. The summed E-state index contributed by atoms with van der Waals surface area (Å²) in [5.41, 5.74) is 6.00. The maximum atomic E-state index is 14.4. The molecule has 0 aliphatic carbocycles. The average molecular weight is 1030 g/mol. The van der Waals surface area contributed by atoms with Gasteiger partial charge in [-0.15, -0.1) is 11.8 Å². The highest BCUT2D eigenvalue weighted by Gasteiger charge is 2.43. The number of likely N-dealkylation sites (tertiary alicyclic amines) is 1. The minimum absolute atomic E-state index is 0.0664. The van der Waals surface area contributed by atoms with Crippen LogP contribution in [0.1, 0.15) is 93.1 Å². The summed E-state index contributed by atoms with van der Waals surface area (Å²) in [6, 6.07) is 1.09. The Hall–Kier alpha value is -6.33. The van der Waals surface area contributed by atoms with Gasteiger partial charge in [-0.3, -0.25) is 43.3 Å². The van der Waals surface area contributed by atoms with Gasteiger partial charge >= 0.3 is 17.9 Å². The maximum Gasteiger partial charge on any atom is 0.326 e. The van der Waals surface area contributed by atoms with Gasteiger partial charge in [0.15, 0.2) is 0 Å². The van der Waals surface area contributed by atoms with E-state index in [0.29, 0.717) is 0 Å². The van der Waals surface area contributed by atoms with Gasteiger partial charge in [-0.25, -0.2) is 9.59 Å². The molecule has 1 aromatic carbocycles. The molecule has 1 aliphatic heterocycles. The fourth-order valence-corrected chi connectivity index (χ4v) is 9.56. The lowest BCUT2D eigenvalue weighted by molar-refractivity contribution is -0.143. The number of fused-ring (bicyclic) bond motifs is 1. The number of thioether (sulfide) groups is 1. The van der Waals surface area contributed by atoms with Crippen molar-refractivity contribution in [1.29, 1.82) is 0 Å². The van der Waals surface area contributed by atoms with Crippen LogP contribution in [0.4, 0.5) is 0 Å². The molecule has 1 aliphatic rings. The molecule has 72 heavy (non-hydrogen) atoms. The SMILES string of the molecule is CN[C@H](C(=O)NC(C(=O)N(C)[C@H](/C=C(\C)C(=O)N[C@H](CCC(=O)N[C@H](CCC(=O)NCCN1C(=O)CC(SC[C@H](N)C(=O)O)C1=O)C(=O)O)C(=O)O)C(C)C)C(C)(C)C)C(C)(C)c1cn(C)c2ccccc12. The largest absolute Gasteiger partial charge is 0.480 e. The van der Waals surface area contributed by atoms with Crippen LogP contribution < -0.4 is 32.3 Å². The summed E-state index contributed by atoms with van der Waals surface area (Å²) in [4.78, 5) is 130. The van der Waals surface area contributed by atoms with Crippen LogP contribution in [0, 0.1) is 11.3 Å². The first-order chi connectivity index (χ1) is 33.4. The number of para-hydroxylation sites is 1. The van der Waals surface area contributed by atoms with Crippen LogP contribution in [0.2, 0.25) is 0 Å². The monoisotopic (exact) mass is 1030 g/mol. The summed E-state index contributed by atoms with van der Waals surface area (Å²) in [7, 11) is 5.20. The summed E-state index contributed by atoms with van der Waals surface area (Å²) >= 11 is 0.945. The lowest BCUT2D eigenvalue weighted by atomic mass is 9.76. The second-order valence-electron chi connectivity index (χ2n) is 20.1. The Kier molecular flexibility index (Phi) is 21.5. The molecule has 2 heterocycles. The number of benzene rings is 1. The van der Waals surface area contributed by atoms with Crippen molar-refractivity contribution >= 4 is 81.9 Å². The molecule has 3 rings (SSSR count). The molecule has 7 atom stereocenters. The van der Waals surface area contributed by atoms with Gasteiger partial charge in [0, 0.05) is 80.3 Å². The zero-order valence-electron chi connectivity index (χ0n) is 43.0. The third-order valence-corrected chi connectivity index (χ3v) is 14.1. The molecule has 0 saturated carbocycles. The number of hydrogen-bond donors (Lipinski definition) is 9. The molecule has 1 saturated heterocycles. The van der Waals surface area contributed by atoms with Gasteiger partial charge in [-0.1, -0.05) is 72.7 Å². The minimum atomic E-state index is -1.58. The number of nitrogens with two attached hydrogens (primary N) is 1. The third-order valence-electron chi connectivity index (χ3n) is 12.7. The number of imide groups is 1. The molecular formula is C49H73N9O13S. The number of carboxylic acids is 3. The summed E-state index contributed by atoms with van der Waals surface area (Å²) < 4.78 is 2.01. The zero-order valence-corrected chi connectivity index (χ0v) is 43.8. The van der Waals surface area contributed by atoms with E-state index in [0.717, 1.165) is 33.1 Å². The molecule has 7 amide bonds. The van der Waals surface area contributed by atoms with E-state index in [9.17, 15) is 58.2 Å². The maximum absolute atomic E-state index is 14.4. The number of carbonyl (C=O) groups excluding carboxylic acids is 7. The third kappa shape index (κ3) is 15.8. The number of rotatable bonds is 27. The standard InChI is InChI=1S/C49H73N9O13S/c1-26(2)34(57(11)44(65)40(48(4,5)6)55-42(63)39(51-9)49(7,8)29-24-56(10)33-15-13-12-14-28(29)33)22-27(3)41(62)54-32(47(70)71)17-19-37(60)53-31(46(68)69)16-18-36(59)52-20-21-58-38(61)23-35(43(58)64)72-25-30(50)45(66)67/h12-15,22,24,26,30-32,34-35,39-40,51H,16-21,23,25,50H2,1-11H3,(H,52,59)(H,53,60)(H,54,62)(H,55,63)(H,66,67)(H,68,69)(H,70,71)/b27-22+/t30-,31+,32+,34+,35?,39+,40?/m0/s1. The Labute approximate surface area is 424 Å². The molecule has 22 nitrogen and oxygen atoms in total. The number of nitrogens with zero attached hydrogens (tertiary/aromatic N) is 3. The van der Waals surface area contributed by atoms with Crippen molar-refractivity contribution in [2.75, 3.05) is 32.9 Å². The van der Waals surface area contributed by atoms with Crippen molar-refractivity contribution in [2.45, 2.75) is 134 Å². The summed E-state index contributed by atoms with van der Waals surface area (Å²) in [5.74, 6) is -8.71. The Bertz CT molecular complexity index is 2390. The first kappa shape index (κ1) is 60.0. The van der Waals surface area contributed by atoms with Gasteiger partial charge in [0.1, 0.15) is 24.2 Å². The van der Waals surface area contributed by atoms with Gasteiger partial charge in [-0.2, -0.15) is 0 Å². The van der Waals surface area contributed by atoms with Crippen LogP contribution in [-0.4, -0.2) is 163 Å². The highest BCUT2D eigenvalue weighted by atomic mass is 32.2. The van der Waals surface area contributed by atoms with Crippen LogP contribution in [0.5, 0.6) is 0 Å². The second-order valence-corrected chi connectivity index (χ2v) is 21.3. The molecule has 0 spiro atoms. The van der Waals surface area contributed by atoms with E-state index in [1.165, 1.54) is 17.9 Å². The smallest absolute Gasteiger partial charge is 0.326 e. The number of carboxylic acid groups (broad SMARTS) is 3. The topological polar surface area (TPSA) is 329 Å². The van der Waals surface area contributed by atoms with E-state index in [4.69, 9.17) is 10.8 Å². The average Bonchev–Trinajstić information content (AvgIpc) is 3.78.